The molecule has 0 aromatic heterocycles. The summed E-state index contributed by atoms with van der Waals surface area (Å²) in [5, 5.41) is 3.09. The maximum absolute atomic E-state index is 12.0. The van der Waals surface area contributed by atoms with E-state index in [-0.39, 0.29) is 11.3 Å². The van der Waals surface area contributed by atoms with Crippen LogP contribution < -0.4 is 5.32 Å². The van der Waals surface area contributed by atoms with Gasteiger partial charge in [0.2, 0.25) is 5.91 Å². The van der Waals surface area contributed by atoms with Crippen molar-refractivity contribution >= 4 is 17.5 Å². The number of aryl methyl sites for hydroxylation is 1. The monoisotopic (exact) mass is 293 g/mol. The van der Waals surface area contributed by atoms with Crippen LogP contribution in [0.1, 0.15) is 44.1 Å². The lowest BCUT2D eigenvalue weighted by atomic mass is 9.75. The normalized spacial score (nSPS) is 17.6. The minimum atomic E-state index is 0.141. The summed E-state index contributed by atoms with van der Waals surface area (Å²) in [5.41, 5.74) is 1.36. The van der Waals surface area contributed by atoms with Crippen molar-refractivity contribution < 1.29 is 4.79 Å². The molecule has 1 aromatic rings. The first-order chi connectivity index (χ1) is 9.74. The van der Waals surface area contributed by atoms with Crippen LogP contribution in [0.3, 0.4) is 0 Å². The average molecular weight is 294 g/mol. The van der Waals surface area contributed by atoms with E-state index in [1.165, 1.54) is 24.8 Å². The molecule has 20 heavy (non-hydrogen) atoms. The molecule has 110 valence electrons. The third-order valence-corrected chi connectivity index (χ3v) is 4.91. The lowest BCUT2D eigenvalue weighted by molar-refractivity contribution is -0.121. The van der Waals surface area contributed by atoms with Gasteiger partial charge >= 0.3 is 0 Å². The predicted molar refractivity (Wildman–Crippen MR) is 84.0 cm³/mol. The van der Waals surface area contributed by atoms with Crippen molar-refractivity contribution in [2.24, 2.45) is 5.41 Å². The Morgan fingerprint density at radius 3 is 2.50 bits per heavy atom. The number of benzene rings is 1. The molecule has 0 unspecified atom stereocenters. The smallest absolute Gasteiger partial charge is 0.220 e. The fourth-order valence-corrected chi connectivity index (χ4v) is 3.30. The SMILES string of the molecule is O=C(CCc1ccccc1)NCC1(CCl)CCCCC1. The van der Waals surface area contributed by atoms with Gasteiger partial charge in [-0.05, 0) is 24.8 Å². The second-order valence-electron chi connectivity index (χ2n) is 5.96. The molecule has 0 atom stereocenters. The van der Waals surface area contributed by atoms with Gasteiger partial charge in [0, 0.05) is 24.3 Å². The van der Waals surface area contributed by atoms with Crippen molar-refractivity contribution in [3.05, 3.63) is 35.9 Å². The van der Waals surface area contributed by atoms with Crippen molar-refractivity contribution in [2.45, 2.75) is 44.9 Å². The minimum Gasteiger partial charge on any atom is -0.355 e. The van der Waals surface area contributed by atoms with E-state index in [0.717, 1.165) is 25.8 Å². The van der Waals surface area contributed by atoms with Gasteiger partial charge in [-0.15, -0.1) is 11.6 Å². The second kappa shape index (κ2) is 7.68. The fraction of sp³-hybridized carbons (Fsp3) is 0.588. The molecule has 0 spiro atoms. The van der Waals surface area contributed by atoms with Gasteiger partial charge in [-0.25, -0.2) is 0 Å². The predicted octanol–water partition coefficient (Wildman–Crippen LogP) is 3.92. The van der Waals surface area contributed by atoms with E-state index >= 15 is 0 Å². The highest BCUT2D eigenvalue weighted by Crippen LogP contribution is 2.36. The van der Waals surface area contributed by atoms with Crippen LogP contribution in [0.2, 0.25) is 0 Å². The summed E-state index contributed by atoms with van der Waals surface area (Å²) in [6, 6.07) is 10.1. The van der Waals surface area contributed by atoms with Crippen molar-refractivity contribution in [1.29, 1.82) is 0 Å². The Morgan fingerprint density at radius 1 is 1.15 bits per heavy atom. The summed E-state index contributed by atoms with van der Waals surface area (Å²) in [6.45, 7) is 0.740. The van der Waals surface area contributed by atoms with Gasteiger partial charge in [-0.1, -0.05) is 49.6 Å². The van der Waals surface area contributed by atoms with E-state index in [9.17, 15) is 4.79 Å². The lowest BCUT2D eigenvalue weighted by Crippen LogP contribution is -2.40. The zero-order valence-corrected chi connectivity index (χ0v) is 12.8. The molecule has 0 radical (unpaired) electrons. The van der Waals surface area contributed by atoms with Crippen molar-refractivity contribution in [3.63, 3.8) is 0 Å². The third kappa shape index (κ3) is 4.52. The minimum absolute atomic E-state index is 0.141. The number of hydrogen-bond donors (Lipinski definition) is 1. The quantitative estimate of drug-likeness (QED) is 0.791. The highest BCUT2D eigenvalue weighted by Gasteiger charge is 2.31. The lowest BCUT2D eigenvalue weighted by Gasteiger charge is -2.35. The molecule has 1 saturated carbocycles. The van der Waals surface area contributed by atoms with Gasteiger partial charge in [0.1, 0.15) is 0 Å². The van der Waals surface area contributed by atoms with E-state index in [2.05, 4.69) is 17.4 Å². The Morgan fingerprint density at radius 2 is 1.85 bits per heavy atom. The number of alkyl halides is 1. The van der Waals surface area contributed by atoms with Gasteiger partial charge in [0.25, 0.3) is 0 Å². The zero-order chi connectivity index (χ0) is 14.3. The highest BCUT2D eigenvalue weighted by molar-refractivity contribution is 6.18. The van der Waals surface area contributed by atoms with Crippen LogP contribution in [0.15, 0.2) is 30.3 Å². The maximum Gasteiger partial charge on any atom is 0.220 e. The molecule has 2 rings (SSSR count). The number of halogens is 1. The molecule has 1 N–H and O–H groups in total. The first-order valence-corrected chi connectivity index (χ1v) is 8.14. The molecule has 1 aliphatic rings. The number of carbonyl (C=O) groups excluding carboxylic acids is 1. The number of amides is 1. The number of rotatable bonds is 6. The molecular weight excluding hydrogens is 270 g/mol. The number of carbonyl (C=O) groups is 1. The largest absolute Gasteiger partial charge is 0.355 e. The maximum atomic E-state index is 12.0. The number of nitrogens with one attached hydrogen (secondary N) is 1. The Bertz CT molecular complexity index is 412. The summed E-state index contributed by atoms with van der Waals surface area (Å²) in [4.78, 5) is 12.0. The topological polar surface area (TPSA) is 29.1 Å². The van der Waals surface area contributed by atoms with E-state index in [1.54, 1.807) is 0 Å². The summed E-state index contributed by atoms with van der Waals surface area (Å²) in [5.74, 6) is 0.801. The van der Waals surface area contributed by atoms with Crippen LogP contribution in [-0.2, 0) is 11.2 Å². The molecule has 3 heteroatoms. The standard InChI is InChI=1S/C17H24ClNO/c18-13-17(11-5-2-6-12-17)14-19-16(20)10-9-15-7-3-1-4-8-15/h1,3-4,7-8H,2,5-6,9-14H2,(H,19,20). The van der Waals surface area contributed by atoms with Crippen molar-refractivity contribution in [3.8, 4) is 0 Å². The average Bonchev–Trinajstić information content (AvgIpc) is 2.53. The van der Waals surface area contributed by atoms with E-state index in [4.69, 9.17) is 11.6 Å². The Hall–Kier alpha value is -1.02. The molecule has 1 amide bonds. The van der Waals surface area contributed by atoms with Crippen LogP contribution in [-0.4, -0.2) is 18.3 Å². The fourth-order valence-electron chi connectivity index (χ4n) is 2.94. The van der Waals surface area contributed by atoms with Crippen LogP contribution in [0.5, 0.6) is 0 Å². The van der Waals surface area contributed by atoms with E-state index < -0.39 is 0 Å². The summed E-state index contributed by atoms with van der Waals surface area (Å²) >= 11 is 6.14. The van der Waals surface area contributed by atoms with Crippen LogP contribution in [0.4, 0.5) is 0 Å². The highest BCUT2D eigenvalue weighted by atomic mass is 35.5. The molecule has 1 aliphatic carbocycles. The van der Waals surface area contributed by atoms with Gasteiger partial charge in [-0.2, -0.15) is 0 Å². The number of hydrogen-bond acceptors (Lipinski definition) is 1. The van der Waals surface area contributed by atoms with E-state index in [0.29, 0.717) is 12.3 Å². The Labute approximate surface area is 126 Å². The zero-order valence-electron chi connectivity index (χ0n) is 12.0. The summed E-state index contributed by atoms with van der Waals surface area (Å²) in [6.07, 6.45) is 7.45. The molecule has 1 fully saturated rings. The van der Waals surface area contributed by atoms with Gasteiger partial charge < -0.3 is 5.32 Å². The second-order valence-corrected chi connectivity index (χ2v) is 6.22. The summed E-state index contributed by atoms with van der Waals surface area (Å²) < 4.78 is 0. The molecule has 0 aliphatic heterocycles. The molecule has 0 bridgehead atoms. The third-order valence-electron chi connectivity index (χ3n) is 4.34. The van der Waals surface area contributed by atoms with Gasteiger partial charge in [-0.3, -0.25) is 4.79 Å². The summed E-state index contributed by atoms with van der Waals surface area (Å²) in [7, 11) is 0. The molecular formula is C17H24ClNO. The van der Waals surface area contributed by atoms with Gasteiger partial charge in [0.05, 0.1) is 0 Å². The van der Waals surface area contributed by atoms with Crippen LogP contribution in [0.25, 0.3) is 0 Å². The van der Waals surface area contributed by atoms with Gasteiger partial charge in [0.15, 0.2) is 0 Å². The molecule has 0 saturated heterocycles. The molecule has 0 heterocycles. The Kier molecular flexibility index (Phi) is 5.90. The first-order valence-electron chi connectivity index (χ1n) is 7.61. The van der Waals surface area contributed by atoms with Crippen LogP contribution in [0, 0.1) is 5.41 Å². The van der Waals surface area contributed by atoms with Crippen molar-refractivity contribution in [2.75, 3.05) is 12.4 Å². The first kappa shape index (κ1) is 15.4. The Balaban J connectivity index is 1.74. The van der Waals surface area contributed by atoms with Crippen molar-refractivity contribution in [1.82, 2.24) is 5.32 Å². The van der Waals surface area contributed by atoms with E-state index in [1.807, 2.05) is 18.2 Å². The molecule has 1 aromatic carbocycles. The van der Waals surface area contributed by atoms with Crippen LogP contribution >= 0.6 is 11.6 Å². The molecule has 2 nitrogen and oxygen atoms in total.